The minimum absolute atomic E-state index is 0.708. The fourth-order valence-electron chi connectivity index (χ4n) is 1.70. The van der Waals surface area contributed by atoms with Crippen LogP contribution >= 0.6 is 15.9 Å². The molecule has 0 atom stereocenters. The second kappa shape index (κ2) is 8.40. The number of nitrogen functional groups attached to an aromatic ring is 1. The number of ether oxygens (including phenoxy) is 1. The van der Waals surface area contributed by atoms with E-state index in [-0.39, 0.29) is 0 Å². The lowest BCUT2D eigenvalue weighted by atomic mass is 10.1. The summed E-state index contributed by atoms with van der Waals surface area (Å²) in [6.45, 7) is 2.99. The molecule has 0 radical (unpaired) electrons. The molecule has 2 N–H and O–H groups in total. The summed E-state index contributed by atoms with van der Waals surface area (Å²) >= 11 is 3.41. The molecule has 0 unspecified atom stereocenters. The molecular formula is C14H22BrNO. The molecule has 96 valence electrons. The van der Waals surface area contributed by atoms with Crippen LogP contribution in [0.2, 0.25) is 0 Å². The number of nitrogens with two attached hydrogens (primary N) is 1. The number of halogens is 1. The Labute approximate surface area is 113 Å². The van der Waals surface area contributed by atoms with Gasteiger partial charge >= 0.3 is 0 Å². The van der Waals surface area contributed by atoms with Gasteiger partial charge in [0.05, 0.1) is 12.3 Å². The van der Waals surface area contributed by atoms with E-state index in [0.29, 0.717) is 5.69 Å². The van der Waals surface area contributed by atoms with Crippen LogP contribution in [-0.4, -0.2) is 6.61 Å². The third-order valence-corrected chi connectivity index (χ3v) is 3.22. The Morgan fingerprint density at radius 3 is 2.59 bits per heavy atom. The second-order valence-corrected chi connectivity index (χ2v) is 5.21. The number of hydrogen-bond acceptors (Lipinski definition) is 2. The monoisotopic (exact) mass is 299 g/mol. The summed E-state index contributed by atoms with van der Waals surface area (Å²) in [5.74, 6) is 0.785. The van der Waals surface area contributed by atoms with Crippen molar-refractivity contribution >= 4 is 21.6 Å². The molecule has 0 aliphatic heterocycles. The summed E-state index contributed by atoms with van der Waals surface area (Å²) in [6.07, 6.45) is 7.65. The average Bonchev–Trinajstić information content (AvgIpc) is 2.32. The van der Waals surface area contributed by atoms with E-state index in [9.17, 15) is 0 Å². The van der Waals surface area contributed by atoms with Crippen molar-refractivity contribution in [1.82, 2.24) is 0 Å². The Bertz CT molecular complexity index is 328. The van der Waals surface area contributed by atoms with Crippen LogP contribution in [0.25, 0.3) is 0 Å². The zero-order chi connectivity index (χ0) is 12.5. The Hall–Kier alpha value is -0.700. The molecule has 2 nitrogen and oxygen atoms in total. The first-order valence-corrected chi connectivity index (χ1v) is 7.21. The maximum atomic E-state index is 5.82. The molecule has 0 heterocycles. The highest BCUT2D eigenvalue weighted by Gasteiger charge is 2.00. The molecule has 1 aromatic carbocycles. The van der Waals surface area contributed by atoms with E-state index in [1.165, 1.54) is 32.1 Å². The van der Waals surface area contributed by atoms with Gasteiger partial charge in [0.2, 0.25) is 0 Å². The number of benzene rings is 1. The van der Waals surface area contributed by atoms with Crippen molar-refractivity contribution in [3.63, 3.8) is 0 Å². The topological polar surface area (TPSA) is 35.2 Å². The Balaban J connectivity index is 2.15. The molecular weight excluding hydrogens is 278 g/mol. The van der Waals surface area contributed by atoms with Gasteiger partial charge in [-0.2, -0.15) is 0 Å². The first-order chi connectivity index (χ1) is 8.24. The quantitative estimate of drug-likeness (QED) is 0.554. The first-order valence-electron chi connectivity index (χ1n) is 6.42. The number of hydrogen-bond donors (Lipinski definition) is 1. The van der Waals surface area contributed by atoms with Crippen molar-refractivity contribution in [1.29, 1.82) is 0 Å². The summed E-state index contributed by atoms with van der Waals surface area (Å²) in [5, 5.41) is 0. The molecule has 0 aliphatic rings. The standard InChI is InChI=1S/C14H22BrNO/c1-2-3-4-5-6-7-10-17-14-11-12(15)8-9-13(14)16/h8-9,11H,2-7,10,16H2,1H3. The normalized spacial score (nSPS) is 10.5. The van der Waals surface area contributed by atoms with E-state index in [1.807, 2.05) is 18.2 Å². The van der Waals surface area contributed by atoms with Crippen molar-refractivity contribution in [2.24, 2.45) is 0 Å². The maximum absolute atomic E-state index is 5.82. The van der Waals surface area contributed by atoms with Gasteiger partial charge in [-0.05, 0) is 24.6 Å². The molecule has 0 saturated carbocycles. The SMILES string of the molecule is CCCCCCCCOc1cc(Br)ccc1N. The van der Waals surface area contributed by atoms with Crippen LogP contribution in [0.1, 0.15) is 45.4 Å². The molecule has 3 heteroatoms. The second-order valence-electron chi connectivity index (χ2n) is 4.30. The molecule has 0 aliphatic carbocycles. The summed E-state index contributed by atoms with van der Waals surface area (Å²) in [5.41, 5.74) is 6.53. The lowest BCUT2D eigenvalue weighted by Crippen LogP contribution is -2.00. The van der Waals surface area contributed by atoms with Gasteiger partial charge in [-0.25, -0.2) is 0 Å². The molecule has 0 saturated heterocycles. The van der Waals surface area contributed by atoms with E-state index in [0.717, 1.165) is 23.2 Å². The van der Waals surface area contributed by atoms with Crippen molar-refractivity contribution < 1.29 is 4.74 Å². The van der Waals surface area contributed by atoms with Gasteiger partial charge in [0.1, 0.15) is 5.75 Å². The van der Waals surface area contributed by atoms with Gasteiger partial charge in [-0.15, -0.1) is 0 Å². The average molecular weight is 300 g/mol. The molecule has 1 rings (SSSR count). The van der Waals surface area contributed by atoms with Crippen LogP contribution in [0.3, 0.4) is 0 Å². The van der Waals surface area contributed by atoms with E-state index >= 15 is 0 Å². The molecule has 17 heavy (non-hydrogen) atoms. The van der Waals surface area contributed by atoms with Crippen LogP contribution < -0.4 is 10.5 Å². The van der Waals surface area contributed by atoms with Gasteiger partial charge in [0.15, 0.2) is 0 Å². The third kappa shape index (κ3) is 5.97. The zero-order valence-electron chi connectivity index (χ0n) is 10.5. The lowest BCUT2D eigenvalue weighted by molar-refractivity contribution is 0.306. The number of unbranched alkanes of at least 4 members (excludes halogenated alkanes) is 5. The van der Waals surface area contributed by atoms with E-state index in [4.69, 9.17) is 10.5 Å². The minimum atomic E-state index is 0.708. The third-order valence-electron chi connectivity index (χ3n) is 2.73. The van der Waals surface area contributed by atoms with E-state index < -0.39 is 0 Å². The van der Waals surface area contributed by atoms with Gasteiger partial charge in [0.25, 0.3) is 0 Å². The maximum Gasteiger partial charge on any atom is 0.143 e. The molecule has 0 spiro atoms. The van der Waals surface area contributed by atoms with Crippen LogP contribution in [0.15, 0.2) is 22.7 Å². The van der Waals surface area contributed by atoms with Gasteiger partial charge in [-0.1, -0.05) is 55.0 Å². The lowest BCUT2D eigenvalue weighted by Gasteiger charge is -2.09. The van der Waals surface area contributed by atoms with Crippen LogP contribution in [-0.2, 0) is 0 Å². The van der Waals surface area contributed by atoms with E-state index in [1.54, 1.807) is 0 Å². The summed E-state index contributed by atoms with van der Waals surface area (Å²) < 4.78 is 6.67. The zero-order valence-corrected chi connectivity index (χ0v) is 12.1. The Morgan fingerprint density at radius 2 is 1.82 bits per heavy atom. The van der Waals surface area contributed by atoms with Crippen molar-refractivity contribution in [3.05, 3.63) is 22.7 Å². The van der Waals surface area contributed by atoms with Crippen LogP contribution in [0, 0.1) is 0 Å². The van der Waals surface area contributed by atoms with Crippen LogP contribution in [0.4, 0.5) is 5.69 Å². The highest BCUT2D eigenvalue weighted by atomic mass is 79.9. The number of anilines is 1. The van der Waals surface area contributed by atoms with Crippen LogP contribution in [0.5, 0.6) is 5.75 Å². The highest BCUT2D eigenvalue weighted by molar-refractivity contribution is 9.10. The number of rotatable bonds is 8. The van der Waals surface area contributed by atoms with Gasteiger partial charge < -0.3 is 10.5 Å². The predicted octanol–water partition coefficient (Wildman–Crippen LogP) is 4.77. The van der Waals surface area contributed by atoms with Crippen molar-refractivity contribution in [3.8, 4) is 5.75 Å². The Morgan fingerprint density at radius 1 is 1.12 bits per heavy atom. The van der Waals surface area contributed by atoms with E-state index in [2.05, 4.69) is 22.9 Å². The molecule has 1 aromatic rings. The first kappa shape index (κ1) is 14.4. The molecule has 0 fully saturated rings. The predicted molar refractivity (Wildman–Crippen MR) is 77.4 cm³/mol. The van der Waals surface area contributed by atoms with Gasteiger partial charge in [0, 0.05) is 4.47 Å². The van der Waals surface area contributed by atoms with Crippen molar-refractivity contribution in [2.75, 3.05) is 12.3 Å². The highest BCUT2D eigenvalue weighted by Crippen LogP contribution is 2.25. The fraction of sp³-hybridized carbons (Fsp3) is 0.571. The largest absolute Gasteiger partial charge is 0.491 e. The summed E-state index contributed by atoms with van der Waals surface area (Å²) in [6, 6.07) is 5.71. The minimum Gasteiger partial charge on any atom is -0.491 e. The Kier molecular flexibility index (Phi) is 7.10. The smallest absolute Gasteiger partial charge is 0.143 e. The summed E-state index contributed by atoms with van der Waals surface area (Å²) in [4.78, 5) is 0. The fourth-order valence-corrected chi connectivity index (χ4v) is 2.04. The van der Waals surface area contributed by atoms with Gasteiger partial charge in [-0.3, -0.25) is 0 Å². The molecule has 0 amide bonds. The summed E-state index contributed by atoms with van der Waals surface area (Å²) in [7, 11) is 0. The molecule has 0 bridgehead atoms. The molecule has 0 aromatic heterocycles. The van der Waals surface area contributed by atoms with Crippen molar-refractivity contribution in [2.45, 2.75) is 45.4 Å².